The lowest BCUT2D eigenvalue weighted by Crippen LogP contribution is -2.49. The molecule has 2 rings (SSSR count). The summed E-state index contributed by atoms with van der Waals surface area (Å²) in [6, 6.07) is 10.2. The van der Waals surface area contributed by atoms with E-state index in [-0.39, 0.29) is 30.7 Å². The largest absolute Gasteiger partial charge is 0.390 e. The molecule has 38 heavy (non-hydrogen) atoms. The van der Waals surface area contributed by atoms with Gasteiger partial charge in [-0.25, -0.2) is 21.5 Å². The predicted octanol–water partition coefficient (Wildman–Crippen LogP) is 3.55. The quantitative estimate of drug-likeness (QED) is 0.278. The SMILES string of the molecule is CCCN(CCC)S(=O)(=O)CCC(=O)N[C@@H](Cc1cc(F)cc(F)c1)[C@H](O)CNCc1cccc(CC)c1. The summed E-state index contributed by atoms with van der Waals surface area (Å²) >= 11 is 0. The first-order chi connectivity index (χ1) is 18.1. The van der Waals surface area contributed by atoms with Crippen LogP contribution in [0.3, 0.4) is 0 Å². The van der Waals surface area contributed by atoms with Crippen molar-refractivity contribution in [2.75, 3.05) is 25.4 Å². The highest BCUT2D eigenvalue weighted by Crippen LogP contribution is 2.13. The van der Waals surface area contributed by atoms with Crippen LogP contribution in [0.2, 0.25) is 0 Å². The molecule has 0 spiro atoms. The van der Waals surface area contributed by atoms with Crippen LogP contribution in [-0.2, 0) is 34.2 Å². The molecule has 2 aromatic carbocycles. The van der Waals surface area contributed by atoms with Crippen molar-refractivity contribution in [1.29, 1.82) is 0 Å². The van der Waals surface area contributed by atoms with E-state index in [9.17, 15) is 27.1 Å². The standard InChI is InChI=1S/C28H41F2N3O4S/c1-4-11-33(12-5-2)38(36,37)13-10-28(35)32-26(17-23-15-24(29)18-25(30)16-23)27(34)20-31-19-22-9-7-8-21(6-3)14-22/h7-9,14-16,18,26-27,31,34H,4-6,10-13,17,19-20H2,1-3H3,(H,32,35)/t26-,27+/m0/s1. The van der Waals surface area contributed by atoms with Crippen LogP contribution in [0.15, 0.2) is 42.5 Å². The van der Waals surface area contributed by atoms with Crippen LogP contribution in [0.5, 0.6) is 0 Å². The fraction of sp³-hybridized carbons (Fsp3) is 0.536. The molecular formula is C28H41F2N3O4S. The number of carbonyl (C=O) groups is 1. The number of rotatable bonds is 17. The van der Waals surface area contributed by atoms with Crippen LogP contribution in [0.4, 0.5) is 8.78 Å². The van der Waals surface area contributed by atoms with Gasteiger partial charge in [-0.05, 0) is 54.5 Å². The molecule has 2 atom stereocenters. The van der Waals surface area contributed by atoms with Gasteiger partial charge in [-0.1, -0.05) is 45.0 Å². The molecule has 0 aliphatic heterocycles. The Morgan fingerprint density at radius 1 is 0.974 bits per heavy atom. The van der Waals surface area contributed by atoms with Gasteiger partial charge in [-0.15, -0.1) is 0 Å². The normalized spacial score (nSPS) is 13.4. The summed E-state index contributed by atoms with van der Waals surface area (Å²) in [5.74, 6) is -2.43. The summed E-state index contributed by atoms with van der Waals surface area (Å²) in [5.41, 5.74) is 2.50. The minimum atomic E-state index is -3.62. The number of hydrogen-bond donors (Lipinski definition) is 3. The number of aryl methyl sites for hydroxylation is 1. The Morgan fingerprint density at radius 2 is 1.61 bits per heavy atom. The lowest BCUT2D eigenvalue weighted by molar-refractivity contribution is -0.122. The molecule has 0 aliphatic rings. The monoisotopic (exact) mass is 553 g/mol. The lowest BCUT2D eigenvalue weighted by Gasteiger charge is -2.25. The molecule has 0 heterocycles. The number of nitrogens with one attached hydrogen (secondary N) is 2. The lowest BCUT2D eigenvalue weighted by atomic mass is 10.0. The van der Waals surface area contributed by atoms with Gasteiger partial charge in [0.1, 0.15) is 11.6 Å². The van der Waals surface area contributed by atoms with Crippen LogP contribution in [0, 0.1) is 11.6 Å². The van der Waals surface area contributed by atoms with Gasteiger partial charge in [0, 0.05) is 38.7 Å². The van der Waals surface area contributed by atoms with Crippen molar-refractivity contribution in [1.82, 2.24) is 14.9 Å². The minimum absolute atomic E-state index is 0.0286. The third kappa shape index (κ3) is 10.8. The summed E-state index contributed by atoms with van der Waals surface area (Å²) in [6.07, 6.45) is 0.829. The zero-order valence-electron chi connectivity index (χ0n) is 22.6. The first-order valence-corrected chi connectivity index (χ1v) is 14.9. The molecule has 0 aromatic heterocycles. The van der Waals surface area contributed by atoms with Crippen LogP contribution in [-0.4, -0.2) is 61.3 Å². The third-order valence-corrected chi connectivity index (χ3v) is 8.07. The molecule has 0 unspecified atom stereocenters. The number of amides is 1. The summed E-state index contributed by atoms with van der Waals surface area (Å²) in [5, 5.41) is 16.8. The summed E-state index contributed by atoms with van der Waals surface area (Å²) < 4.78 is 54.4. The Morgan fingerprint density at radius 3 is 2.21 bits per heavy atom. The van der Waals surface area contributed by atoms with E-state index in [0.29, 0.717) is 32.5 Å². The third-order valence-electron chi connectivity index (χ3n) is 6.20. The van der Waals surface area contributed by atoms with Gasteiger partial charge in [0.15, 0.2) is 0 Å². The number of halogens is 2. The highest BCUT2D eigenvalue weighted by Gasteiger charge is 2.25. The Hall–Kier alpha value is -2.40. The van der Waals surface area contributed by atoms with E-state index in [1.807, 2.05) is 32.0 Å². The maximum absolute atomic E-state index is 13.8. The molecule has 0 fully saturated rings. The van der Waals surface area contributed by atoms with Crippen molar-refractivity contribution < 1.29 is 27.1 Å². The summed E-state index contributed by atoms with van der Waals surface area (Å²) in [6.45, 7) is 7.21. The fourth-order valence-electron chi connectivity index (χ4n) is 4.25. The average molecular weight is 554 g/mol. The second kappa shape index (κ2) is 15.9. The molecule has 0 saturated heterocycles. The van der Waals surface area contributed by atoms with Crippen molar-refractivity contribution in [3.63, 3.8) is 0 Å². The van der Waals surface area contributed by atoms with Gasteiger partial charge in [-0.3, -0.25) is 4.79 Å². The zero-order valence-corrected chi connectivity index (χ0v) is 23.4. The van der Waals surface area contributed by atoms with Crippen LogP contribution < -0.4 is 10.6 Å². The maximum atomic E-state index is 13.8. The number of benzene rings is 2. The van der Waals surface area contributed by atoms with Crippen molar-refractivity contribution in [2.24, 2.45) is 0 Å². The summed E-state index contributed by atoms with van der Waals surface area (Å²) in [4.78, 5) is 12.8. The molecule has 0 radical (unpaired) electrons. The van der Waals surface area contributed by atoms with Crippen molar-refractivity contribution >= 4 is 15.9 Å². The van der Waals surface area contributed by atoms with Crippen molar-refractivity contribution in [2.45, 2.75) is 71.6 Å². The molecule has 7 nitrogen and oxygen atoms in total. The second-order valence-corrected chi connectivity index (χ2v) is 11.6. The van der Waals surface area contributed by atoms with Crippen molar-refractivity contribution in [3.8, 4) is 0 Å². The fourth-order valence-corrected chi connectivity index (χ4v) is 5.87. The Kier molecular flexibility index (Phi) is 13.3. The van der Waals surface area contributed by atoms with Crippen molar-refractivity contribution in [3.05, 3.63) is 70.8 Å². The Labute approximate surface area is 225 Å². The first kappa shape index (κ1) is 31.8. The molecular weight excluding hydrogens is 512 g/mol. The van der Waals surface area contributed by atoms with Gasteiger partial charge in [0.2, 0.25) is 15.9 Å². The van der Waals surface area contributed by atoms with Crippen LogP contribution in [0.25, 0.3) is 0 Å². The van der Waals surface area contributed by atoms with E-state index >= 15 is 0 Å². The smallest absolute Gasteiger partial charge is 0.221 e. The van der Waals surface area contributed by atoms with Gasteiger partial charge in [-0.2, -0.15) is 0 Å². The maximum Gasteiger partial charge on any atom is 0.221 e. The number of hydrogen-bond acceptors (Lipinski definition) is 5. The van der Waals surface area contributed by atoms with E-state index < -0.39 is 39.7 Å². The van der Waals surface area contributed by atoms with E-state index in [4.69, 9.17) is 0 Å². The number of nitrogens with zero attached hydrogens (tertiary/aromatic N) is 1. The second-order valence-electron chi connectivity index (χ2n) is 9.49. The highest BCUT2D eigenvalue weighted by atomic mass is 32.2. The molecule has 3 N–H and O–H groups in total. The van der Waals surface area contributed by atoms with Gasteiger partial charge in [0.25, 0.3) is 0 Å². The van der Waals surface area contributed by atoms with Gasteiger partial charge < -0.3 is 15.7 Å². The molecule has 0 saturated carbocycles. The molecule has 212 valence electrons. The molecule has 2 aromatic rings. The van der Waals surface area contributed by atoms with Crippen LogP contribution in [0.1, 0.15) is 56.7 Å². The van der Waals surface area contributed by atoms with Gasteiger partial charge in [0.05, 0.1) is 17.9 Å². The first-order valence-electron chi connectivity index (χ1n) is 13.3. The topological polar surface area (TPSA) is 98.7 Å². The summed E-state index contributed by atoms with van der Waals surface area (Å²) in [7, 11) is -3.62. The van der Waals surface area contributed by atoms with Crippen LogP contribution >= 0.6 is 0 Å². The highest BCUT2D eigenvalue weighted by molar-refractivity contribution is 7.89. The number of aliphatic hydroxyl groups excluding tert-OH is 1. The average Bonchev–Trinajstić information content (AvgIpc) is 2.86. The number of carbonyl (C=O) groups excluding carboxylic acids is 1. The van der Waals surface area contributed by atoms with E-state index in [1.54, 1.807) is 0 Å². The number of aliphatic hydroxyl groups is 1. The number of sulfonamides is 1. The predicted molar refractivity (Wildman–Crippen MR) is 146 cm³/mol. The van der Waals surface area contributed by atoms with E-state index in [1.165, 1.54) is 9.87 Å². The van der Waals surface area contributed by atoms with Gasteiger partial charge >= 0.3 is 0 Å². The molecule has 10 heteroatoms. The minimum Gasteiger partial charge on any atom is -0.390 e. The Bertz CT molecular complexity index is 1100. The zero-order chi connectivity index (χ0) is 28.1. The van der Waals surface area contributed by atoms with E-state index in [2.05, 4.69) is 23.6 Å². The van der Waals surface area contributed by atoms with E-state index in [0.717, 1.165) is 30.2 Å². The Balaban J connectivity index is 2.07. The molecule has 1 amide bonds. The molecule has 0 bridgehead atoms. The molecule has 0 aliphatic carbocycles.